The number of nitrogens with zero attached hydrogens (tertiary/aromatic N) is 1. The van der Waals surface area contributed by atoms with E-state index in [0.717, 1.165) is 41.3 Å². The molecule has 1 aromatic carbocycles. The van der Waals surface area contributed by atoms with E-state index in [4.69, 9.17) is 4.74 Å². The minimum atomic E-state index is -0.358. The highest BCUT2D eigenvalue weighted by atomic mass is 79.9. The van der Waals surface area contributed by atoms with Crippen molar-refractivity contribution >= 4 is 21.8 Å². The number of rotatable bonds is 6. The van der Waals surface area contributed by atoms with Crippen molar-refractivity contribution in [1.29, 1.82) is 0 Å². The summed E-state index contributed by atoms with van der Waals surface area (Å²) in [7, 11) is 0. The van der Waals surface area contributed by atoms with E-state index in [9.17, 15) is 4.79 Å². The topological polar surface area (TPSA) is 51.2 Å². The number of hydrogen-bond donors (Lipinski definition) is 1. The number of nitrogens with one attached hydrogen (secondary N) is 1. The van der Waals surface area contributed by atoms with Crippen molar-refractivity contribution in [3.05, 3.63) is 58.2 Å². The van der Waals surface area contributed by atoms with E-state index in [1.165, 1.54) is 12.8 Å². The number of aromatic nitrogens is 1. The Bertz CT molecular complexity index is 781. The van der Waals surface area contributed by atoms with Crippen LogP contribution in [-0.4, -0.2) is 17.0 Å². The lowest BCUT2D eigenvalue weighted by Crippen LogP contribution is -2.34. The van der Waals surface area contributed by atoms with Gasteiger partial charge in [0.2, 0.25) is 11.8 Å². The minimum absolute atomic E-state index is 0.0990. The van der Waals surface area contributed by atoms with E-state index in [-0.39, 0.29) is 11.3 Å². The van der Waals surface area contributed by atoms with Gasteiger partial charge in [-0.05, 0) is 61.8 Å². The van der Waals surface area contributed by atoms with Gasteiger partial charge >= 0.3 is 0 Å². The number of carbonyl (C=O) groups is 1. The summed E-state index contributed by atoms with van der Waals surface area (Å²) in [6, 6.07) is 11.9. The zero-order valence-corrected chi connectivity index (χ0v) is 16.3. The maximum atomic E-state index is 12.7. The summed E-state index contributed by atoms with van der Waals surface area (Å²) in [4.78, 5) is 17.1. The molecule has 4 rings (SSSR count). The van der Waals surface area contributed by atoms with Gasteiger partial charge in [-0.15, -0.1) is 0 Å². The molecular formula is C21H23BrN2O2. The zero-order chi connectivity index (χ0) is 18.0. The molecule has 2 fully saturated rings. The Labute approximate surface area is 162 Å². The molecule has 2 aliphatic rings. The van der Waals surface area contributed by atoms with Crippen LogP contribution in [0, 0.1) is 0 Å². The molecule has 4 nitrogen and oxygen atoms in total. The molecule has 0 spiro atoms. The molecule has 5 heteroatoms. The number of hydrogen-bond acceptors (Lipinski definition) is 3. The molecule has 2 aliphatic carbocycles. The first kappa shape index (κ1) is 17.5. The highest BCUT2D eigenvalue weighted by molar-refractivity contribution is 9.10. The quantitative estimate of drug-likeness (QED) is 0.755. The van der Waals surface area contributed by atoms with Crippen molar-refractivity contribution < 1.29 is 9.53 Å². The van der Waals surface area contributed by atoms with Gasteiger partial charge in [-0.2, -0.15) is 0 Å². The normalized spacial score (nSPS) is 18.5. The molecular weight excluding hydrogens is 392 g/mol. The van der Waals surface area contributed by atoms with Crippen LogP contribution in [0.15, 0.2) is 47.1 Å². The first-order valence-corrected chi connectivity index (χ1v) is 10.1. The van der Waals surface area contributed by atoms with Gasteiger partial charge < -0.3 is 10.1 Å². The van der Waals surface area contributed by atoms with Crippen LogP contribution in [0.1, 0.15) is 49.7 Å². The maximum absolute atomic E-state index is 12.7. The summed E-state index contributed by atoms with van der Waals surface area (Å²) in [5, 5.41) is 3.08. The van der Waals surface area contributed by atoms with Crippen LogP contribution >= 0.6 is 15.9 Å². The van der Waals surface area contributed by atoms with E-state index in [2.05, 4.69) is 26.2 Å². The lowest BCUT2D eigenvalue weighted by molar-refractivity contribution is -0.123. The Balaban J connectivity index is 1.34. The fourth-order valence-corrected chi connectivity index (χ4v) is 4.07. The van der Waals surface area contributed by atoms with Gasteiger partial charge in [-0.25, -0.2) is 4.98 Å². The van der Waals surface area contributed by atoms with Gasteiger partial charge in [0.25, 0.3) is 0 Å². The van der Waals surface area contributed by atoms with Crippen molar-refractivity contribution in [2.24, 2.45) is 0 Å². The molecule has 0 bridgehead atoms. The van der Waals surface area contributed by atoms with Gasteiger partial charge in [0.05, 0.1) is 5.41 Å². The Morgan fingerprint density at radius 3 is 2.69 bits per heavy atom. The predicted molar refractivity (Wildman–Crippen MR) is 104 cm³/mol. The molecule has 2 aromatic rings. The highest BCUT2D eigenvalue weighted by Crippen LogP contribution is 2.48. The zero-order valence-electron chi connectivity index (χ0n) is 14.7. The fraction of sp³-hybridized carbons (Fsp3) is 0.429. The lowest BCUT2D eigenvalue weighted by Gasteiger charge is -2.16. The smallest absolute Gasteiger partial charge is 0.230 e. The second-order valence-corrected chi connectivity index (χ2v) is 8.22. The molecule has 1 amide bonds. The summed E-state index contributed by atoms with van der Waals surface area (Å²) in [5.74, 6) is 0.779. The van der Waals surface area contributed by atoms with Crippen LogP contribution in [0.2, 0.25) is 0 Å². The summed E-state index contributed by atoms with van der Waals surface area (Å²) < 4.78 is 6.90. The molecule has 1 aromatic heterocycles. The van der Waals surface area contributed by atoms with E-state index in [1.807, 2.05) is 36.4 Å². The van der Waals surface area contributed by atoms with E-state index in [0.29, 0.717) is 18.5 Å². The number of benzene rings is 1. The maximum Gasteiger partial charge on any atom is 0.230 e. The van der Waals surface area contributed by atoms with Gasteiger partial charge in [-0.3, -0.25) is 4.79 Å². The Morgan fingerprint density at radius 1 is 1.23 bits per heavy atom. The van der Waals surface area contributed by atoms with Crippen LogP contribution in [0.4, 0.5) is 0 Å². The predicted octanol–water partition coefficient (Wildman–Crippen LogP) is 4.51. The third kappa shape index (κ3) is 3.78. The Kier molecular flexibility index (Phi) is 4.98. The van der Waals surface area contributed by atoms with Crippen molar-refractivity contribution in [2.45, 2.75) is 56.6 Å². The van der Waals surface area contributed by atoms with E-state index >= 15 is 0 Å². The van der Waals surface area contributed by atoms with Crippen LogP contribution in [-0.2, 0) is 16.8 Å². The molecule has 26 heavy (non-hydrogen) atoms. The average Bonchev–Trinajstić information content (AvgIpc) is 3.32. The van der Waals surface area contributed by atoms with E-state index in [1.54, 1.807) is 6.20 Å². The first-order valence-electron chi connectivity index (χ1n) is 9.32. The monoisotopic (exact) mass is 414 g/mol. The van der Waals surface area contributed by atoms with Gasteiger partial charge in [-0.1, -0.05) is 34.1 Å². The number of amides is 1. The summed E-state index contributed by atoms with van der Waals surface area (Å²) in [6.07, 6.45) is 8.65. The van der Waals surface area contributed by atoms with Gasteiger partial charge in [0, 0.05) is 23.3 Å². The fourth-order valence-electron chi connectivity index (χ4n) is 3.67. The highest BCUT2D eigenvalue weighted by Gasteiger charge is 2.51. The standard InChI is InChI=1S/C21H23BrN2O2/c22-17-5-3-4-16(12-17)21(10-11-21)20(25)24-14-15-8-9-19(23-13-15)26-18-6-1-2-7-18/h3-5,8-9,12-13,18H,1-2,6-7,10-11,14H2,(H,24,25). The van der Waals surface area contributed by atoms with Crippen LogP contribution in [0.5, 0.6) is 5.88 Å². The summed E-state index contributed by atoms with van der Waals surface area (Å²) >= 11 is 3.49. The molecule has 1 N–H and O–H groups in total. The van der Waals surface area contributed by atoms with Crippen LogP contribution < -0.4 is 10.1 Å². The molecule has 2 saturated carbocycles. The first-order chi connectivity index (χ1) is 12.7. The second kappa shape index (κ2) is 7.39. The van der Waals surface area contributed by atoms with Gasteiger partial charge in [0.15, 0.2) is 0 Å². The van der Waals surface area contributed by atoms with Crippen molar-refractivity contribution in [3.63, 3.8) is 0 Å². The number of ether oxygens (including phenoxy) is 1. The molecule has 0 saturated heterocycles. The summed E-state index contributed by atoms with van der Waals surface area (Å²) in [5.41, 5.74) is 1.72. The lowest BCUT2D eigenvalue weighted by atomic mass is 9.95. The number of halogens is 1. The molecule has 136 valence electrons. The average molecular weight is 415 g/mol. The van der Waals surface area contributed by atoms with Crippen molar-refractivity contribution in [3.8, 4) is 5.88 Å². The SMILES string of the molecule is O=C(NCc1ccc(OC2CCCC2)nc1)C1(c2cccc(Br)c2)CC1. The van der Waals surface area contributed by atoms with Gasteiger partial charge in [0.1, 0.15) is 6.10 Å². The molecule has 1 heterocycles. The number of pyridine rings is 1. The Morgan fingerprint density at radius 2 is 2.04 bits per heavy atom. The van der Waals surface area contributed by atoms with Crippen molar-refractivity contribution in [1.82, 2.24) is 10.3 Å². The molecule has 0 radical (unpaired) electrons. The molecule has 0 unspecified atom stereocenters. The molecule has 0 aliphatic heterocycles. The third-order valence-electron chi connectivity index (χ3n) is 5.40. The molecule has 0 atom stereocenters. The largest absolute Gasteiger partial charge is 0.474 e. The van der Waals surface area contributed by atoms with Crippen LogP contribution in [0.25, 0.3) is 0 Å². The third-order valence-corrected chi connectivity index (χ3v) is 5.90. The van der Waals surface area contributed by atoms with E-state index < -0.39 is 0 Å². The Hall–Kier alpha value is -1.88. The second-order valence-electron chi connectivity index (χ2n) is 7.30. The minimum Gasteiger partial charge on any atom is -0.474 e. The van der Waals surface area contributed by atoms with Crippen LogP contribution in [0.3, 0.4) is 0 Å². The number of carbonyl (C=O) groups excluding carboxylic acids is 1. The van der Waals surface area contributed by atoms with Crippen molar-refractivity contribution in [2.75, 3.05) is 0 Å². The summed E-state index contributed by atoms with van der Waals surface area (Å²) in [6.45, 7) is 0.491.